The van der Waals surface area contributed by atoms with Gasteiger partial charge in [0, 0.05) is 12.1 Å². The number of rotatable bonds is 5. The van der Waals surface area contributed by atoms with Crippen LogP contribution < -0.4 is 4.74 Å². The number of carbonyl (C=O) groups is 1. The summed E-state index contributed by atoms with van der Waals surface area (Å²) in [5.41, 5.74) is 0.647. The lowest BCUT2D eigenvalue weighted by molar-refractivity contribution is 0.101. The minimum absolute atomic E-state index is 0.0297. The first-order valence-corrected chi connectivity index (χ1v) is 6.00. The molecule has 4 nitrogen and oxygen atoms in total. The van der Waals surface area contributed by atoms with Crippen molar-refractivity contribution in [1.29, 1.82) is 0 Å². The number of hydrogen-bond donors (Lipinski definition) is 0. The zero-order valence-corrected chi connectivity index (χ0v) is 10.6. The third-order valence-electron chi connectivity index (χ3n) is 2.54. The molecule has 18 heavy (non-hydrogen) atoms. The Bertz CT molecular complexity index is 546. The first kappa shape index (κ1) is 12.4. The molecule has 94 valence electrons. The fourth-order valence-electron chi connectivity index (χ4n) is 1.66. The number of Topliss-reactive ketones (excluding diaryl/α,β-unsaturated/α-hetero) is 1. The van der Waals surface area contributed by atoms with Crippen molar-refractivity contribution in [3.8, 4) is 11.5 Å². The molecule has 1 aromatic carbocycles. The Morgan fingerprint density at radius 1 is 1.39 bits per heavy atom. The van der Waals surface area contributed by atoms with Crippen molar-refractivity contribution >= 4 is 5.78 Å². The van der Waals surface area contributed by atoms with Gasteiger partial charge in [-0.3, -0.25) is 9.48 Å². The van der Waals surface area contributed by atoms with Crippen LogP contribution in [0.2, 0.25) is 0 Å². The molecule has 0 radical (unpaired) electrons. The van der Waals surface area contributed by atoms with Crippen LogP contribution in [0.5, 0.6) is 11.5 Å². The predicted molar refractivity (Wildman–Crippen MR) is 69.0 cm³/mol. The van der Waals surface area contributed by atoms with Crippen LogP contribution in [0.3, 0.4) is 0 Å². The molecule has 0 saturated carbocycles. The molecule has 2 rings (SSSR count). The molecule has 0 amide bonds. The highest BCUT2D eigenvalue weighted by atomic mass is 16.5. The Balaban J connectivity index is 2.12. The van der Waals surface area contributed by atoms with Crippen LogP contribution >= 0.6 is 0 Å². The van der Waals surface area contributed by atoms with Gasteiger partial charge in [0.15, 0.2) is 11.5 Å². The third kappa shape index (κ3) is 2.97. The van der Waals surface area contributed by atoms with Gasteiger partial charge in [-0.05, 0) is 25.5 Å². The van der Waals surface area contributed by atoms with E-state index < -0.39 is 0 Å². The second kappa shape index (κ2) is 5.49. The fraction of sp³-hybridized carbons (Fsp3) is 0.286. The van der Waals surface area contributed by atoms with E-state index in [1.165, 1.54) is 0 Å². The van der Waals surface area contributed by atoms with E-state index in [-0.39, 0.29) is 5.78 Å². The summed E-state index contributed by atoms with van der Waals surface area (Å²) in [4.78, 5) is 11.3. The van der Waals surface area contributed by atoms with Crippen molar-refractivity contribution in [2.24, 2.45) is 0 Å². The predicted octanol–water partition coefficient (Wildman–Crippen LogP) is 3.29. The van der Waals surface area contributed by atoms with Crippen LogP contribution in [0.4, 0.5) is 0 Å². The summed E-state index contributed by atoms with van der Waals surface area (Å²) in [6.07, 6.45) is 4.56. The number of carbonyl (C=O) groups excluding carboxylic acids is 1. The van der Waals surface area contributed by atoms with Gasteiger partial charge in [-0.2, -0.15) is 5.10 Å². The van der Waals surface area contributed by atoms with Crippen LogP contribution in [-0.4, -0.2) is 15.6 Å². The SMILES string of the molecule is CCCn1cc(Oc2cccc(C(C)=O)c2)cn1. The van der Waals surface area contributed by atoms with Crippen LogP contribution in [0.25, 0.3) is 0 Å². The molecule has 0 N–H and O–H groups in total. The van der Waals surface area contributed by atoms with Crippen LogP contribution in [0.15, 0.2) is 36.7 Å². The molecule has 2 aromatic rings. The lowest BCUT2D eigenvalue weighted by Gasteiger charge is -2.03. The lowest BCUT2D eigenvalue weighted by atomic mass is 10.1. The van der Waals surface area contributed by atoms with E-state index in [1.807, 2.05) is 23.0 Å². The Kier molecular flexibility index (Phi) is 3.77. The number of hydrogen-bond acceptors (Lipinski definition) is 3. The summed E-state index contributed by atoms with van der Waals surface area (Å²) >= 11 is 0. The van der Waals surface area contributed by atoms with Crippen LogP contribution in [0.1, 0.15) is 30.6 Å². The van der Waals surface area contributed by atoms with E-state index >= 15 is 0 Å². The zero-order chi connectivity index (χ0) is 13.0. The monoisotopic (exact) mass is 244 g/mol. The van der Waals surface area contributed by atoms with Crippen molar-refractivity contribution in [3.05, 3.63) is 42.2 Å². The van der Waals surface area contributed by atoms with Gasteiger partial charge in [0.1, 0.15) is 5.75 Å². The normalized spacial score (nSPS) is 10.3. The quantitative estimate of drug-likeness (QED) is 0.758. The van der Waals surface area contributed by atoms with Crippen molar-refractivity contribution in [2.75, 3.05) is 0 Å². The highest BCUT2D eigenvalue weighted by molar-refractivity contribution is 5.94. The summed E-state index contributed by atoms with van der Waals surface area (Å²) in [7, 11) is 0. The average Bonchev–Trinajstić information content (AvgIpc) is 2.77. The molecule has 0 atom stereocenters. The first-order chi connectivity index (χ1) is 8.69. The summed E-state index contributed by atoms with van der Waals surface area (Å²) in [6.45, 7) is 4.51. The number of benzene rings is 1. The molecule has 0 aliphatic carbocycles. The Labute approximate surface area is 106 Å². The molecule has 0 bridgehead atoms. The third-order valence-corrected chi connectivity index (χ3v) is 2.54. The summed E-state index contributed by atoms with van der Waals surface area (Å²) < 4.78 is 7.50. The van der Waals surface area contributed by atoms with E-state index in [4.69, 9.17) is 4.74 Å². The summed E-state index contributed by atoms with van der Waals surface area (Å²) in [6, 6.07) is 7.14. The maximum atomic E-state index is 11.3. The van der Waals surface area contributed by atoms with Crippen molar-refractivity contribution in [1.82, 2.24) is 9.78 Å². The van der Waals surface area contributed by atoms with Gasteiger partial charge < -0.3 is 4.74 Å². The van der Waals surface area contributed by atoms with Crippen molar-refractivity contribution in [2.45, 2.75) is 26.8 Å². The van der Waals surface area contributed by atoms with E-state index in [0.717, 1.165) is 13.0 Å². The van der Waals surface area contributed by atoms with Crippen LogP contribution in [0, 0.1) is 0 Å². The van der Waals surface area contributed by atoms with Gasteiger partial charge in [0.05, 0.1) is 12.4 Å². The number of ether oxygens (including phenoxy) is 1. The number of aryl methyl sites for hydroxylation is 1. The van der Waals surface area contributed by atoms with Gasteiger partial charge in [-0.1, -0.05) is 19.1 Å². The minimum Gasteiger partial charge on any atom is -0.454 e. The van der Waals surface area contributed by atoms with Gasteiger partial charge >= 0.3 is 0 Å². The molecular weight excluding hydrogens is 228 g/mol. The van der Waals surface area contributed by atoms with E-state index in [0.29, 0.717) is 17.1 Å². The number of nitrogens with zero attached hydrogens (tertiary/aromatic N) is 2. The van der Waals surface area contributed by atoms with E-state index in [2.05, 4.69) is 12.0 Å². The fourth-order valence-corrected chi connectivity index (χ4v) is 1.66. The Morgan fingerprint density at radius 2 is 2.22 bits per heavy atom. The minimum atomic E-state index is 0.0297. The highest BCUT2D eigenvalue weighted by Crippen LogP contribution is 2.21. The van der Waals surface area contributed by atoms with Gasteiger partial charge in [0.25, 0.3) is 0 Å². The van der Waals surface area contributed by atoms with E-state index in [1.54, 1.807) is 25.3 Å². The summed E-state index contributed by atoms with van der Waals surface area (Å²) in [5.74, 6) is 1.37. The summed E-state index contributed by atoms with van der Waals surface area (Å²) in [5, 5.41) is 4.18. The number of aromatic nitrogens is 2. The van der Waals surface area contributed by atoms with Crippen molar-refractivity contribution in [3.63, 3.8) is 0 Å². The van der Waals surface area contributed by atoms with E-state index in [9.17, 15) is 4.79 Å². The van der Waals surface area contributed by atoms with Gasteiger partial charge in [-0.25, -0.2) is 0 Å². The molecular formula is C14H16N2O2. The number of ketones is 1. The standard InChI is InChI=1S/C14H16N2O2/c1-3-7-16-10-14(9-15-16)18-13-6-4-5-12(8-13)11(2)17/h4-6,8-10H,3,7H2,1-2H3. The largest absolute Gasteiger partial charge is 0.454 e. The smallest absolute Gasteiger partial charge is 0.165 e. The maximum absolute atomic E-state index is 11.3. The average molecular weight is 244 g/mol. The Morgan fingerprint density at radius 3 is 2.94 bits per heavy atom. The lowest BCUT2D eigenvalue weighted by Crippen LogP contribution is -1.95. The van der Waals surface area contributed by atoms with Crippen molar-refractivity contribution < 1.29 is 9.53 Å². The second-order valence-corrected chi connectivity index (χ2v) is 4.13. The highest BCUT2D eigenvalue weighted by Gasteiger charge is 2.04. The topological polar surface area (TPSA) is 44.1 Å². The Hall–Kier alpha value is -2.10. The molecule has 0 fully saturated rings. The molecule has 1 heterocycles. The molecule has 0 unspecified atom stereocenters. The molecule has 0 aliphatic rings. The molecule has 1 aromatic heterocycles. The molecule has 0 aliphatic heterocycles. The van der Waals surface area contributed by atoms with Gasteiger partial charge in [0.2, 0.25) is 0 Å². The molecule has 0 saturated heterocycles. The first-order valence-electron chi connectivity index (χ1n) is 6.00. The van der Waals surface area contributed by atoms with Gasteiger partial charge in [-0.15, -0.1) is 0 Å². The maximum Gasteiger partial charge on any atom is 0.165 e. The van der Waals surface area contributed by atoms with Crippen LogP contribution in [-0.2, 0) is 6.54 Å². The zero-order valence-electron chi connectivity index (χ0n) is 10.6. The molecule has 0 spiro atoms. The molecule has 4 heteroatoms. The second-order valence-electron chi connectivity index (χ2n) is 4.13.